The molecular formula is C14H19N3O2S2. The van der Waals surface area contributed by atoms with E-state index in [1.807, 2.05) is 29.6 Å². The molecule has 0 amide bonds. The minimum atomic E-state index is -3.45. The van der Waals surface area contributed by atoms with Crippen LogP contribution < -0.4 is 10.5 Å². The number of hydrogen-bond acceptors (Lipinski definition) is 5. The van der Waals surface area contributed by atoms with E-state index in [0.717, 1.165) is 16.8 Å². The summed E-state index contributed by atoms with van der Waals surface area (Å²) in [6, 6.07) is 7.74. The van der Waals surface area contributed by atoms with Gasteiger partial charge in [0.15, 0.2) is 5.13 Å². The van der Waals surface area contributed by atoms with Crippen molar-refractivity contribution in [2.45, 2.75) is 32.1 Å². The molecule has 0 aliphatic rings. The number of aromatic nitrogens is 1. The lowest BCUT2D eigenvalue weighted by molar-refractivity contribution is 0.566. The molecule has 3 N–H and O–H groups in total. The van der Waals surface area contributed by atoms with Crippen LogP contribution in [0.15, 0.2) is 29.6 Å². The standard InChI is InChI=1S/C14H19N3O2S2/c1-14(2,3)21(18,19)17-13-16-12(9-20-13)11-6-4-10(8-15)5-7-11/h4-7,9H,8,15H2,1-3H3,(H,16,17). The Hall–Kier alpha value is -1.44. The molecule has 0 aliphatic heterocycles. The van der Waals surface area contributed by atoms with E-state index in [0.29, 0.717) is 11.7 Å². The molecule has 7 heteroatoms. The summed E-state index contributed by atoms with van der Waals surface area (Å²) in [5, 5.41) is 2.21. The molecule has 1 aromatic heterocycles. The smallest absolute Gasteiger partial charge is 0.239 e. The molecule has 0 unspecified atom stereocenters. The Kier molecular flexibility index (Phi) is 4.36. The summed E-state index contributed by atoms with van der Waals surface area (Å²) in [7, 11) is -3.45. The van der Waals surface area contributed by atoms with Gasteiger partial charge >= 0.3 is 0 Å². The summed E-state index contributed by atoms with van der Waals surface area (Å²) < 4.78 is 25.8. The van der Waals surface area contributed by atoms with Crippen LogP contribution in [0.2, 0.25) is 0 Å². The normalized spacial score (nSPS) is 12.4. The zero-order valence-corrected chi connectivity index (χ0v) is 13.9. The minimum Gasteiger partial charge on any atom is -0.326 e. The van der Waals surface area contributed by atoms with E-state index in [9.17, 15) is 8.42 Å². The largest absolute Gasteiger partial charge is 0.326 e. The van der Waals surface area contributed by atoms with Crippen LogP contribution in [0.1, 0.15) is 26.3 Å². The van der Waals surface area contributed by atoms with Crippen molar-refractivity contribution >= 4 is 26.5 Å². The molecule has 0 fully saturated rings. The van der Waals surface area contributed by atoms with Gasteiger partial charge in [0, 0.05) is 17.5 Å². The fourth-order valence-electron chi connectivity index (χ4n) is 1.53. The van der Waals surface area contributed by atoms with Crippen LogP contribution in [0.25, 0.3) is 11.3 Å². The van der Waals surface area contributed by atoms with Gasteiger partial charge in [0.2, 0.25) is 10.0 Å². The van der Waals surface area contributed by atoms with E-state index >= 15 is 0 Å². The molecule has 114 valence electrons. The molecule has 1 heterocycles. The van der Waals surface area contributed by atoms with E-state index in [1.165, 1.54) is 11.3 Å². The number of thiazole rings is 1. The van der Waals surface area contributed by atoms with Crippen LogP contribution in [0.4, 0.5) is 5.13 Å². The van der Waals surface area contributed by atoms with Gasteiger partial charge in [-0.3, -0.25) is 4.72 Å². The maximum Gasteiger partial charge on any atom is 0.239 e. The Balaban J connectivity index is 2.22. The number of hydrogen-bond donors (Lipinski definition) is 2. The van der Waals surface area contributed by atoms with Crippen LogP contribution in [0, 0.1) is 0 Å². The quantitative estimate of drug-likeness (QED) is 0.905. The van der Waals surface area contributed by atoms with Gasteiger partial charge in [0.05, 0.1) is 10.4 Å². The van der Waals surface area contributed by atoms with Crippen molar-refractivity contribution in [3.8, 4) is 11.3 Å². The number of nitrogens with two attached hydrogens (primary N) is 1. The number of nitrogens with zero attached hydrogens (tertiary/aromatic N) is 1. The lowest BCUT2D eigenvalue weighted by Crippen LogP contribution is -2.33. The third-order valence-electron chi connectivity index (χ3n) is 3.02. The maximum absolute atomic E-state index is 12.1. The topological polar surface area (TPSA) is 85.1 Å². The molecule has 1 aromatic carbocycles. The molecule has 2 rings (SSSR count). The first kappa shape index (κ1) is 15.9. The van der Waals surface area contributed by atoms with Gasteiger partial charge in [-0.15, -0.1) is 11.3 Å². The van der Waals surface area contributed by atoms with Crippen LogP contribution in [-0.2, 0) is 16.6 Å². The van der Waals surface area contributed by atoms with Crippen molar-refractivity contribution in [1.82, 2.24) is 4.98 Å². The van der Waals surface area contributed by atoms with Crippen LogP contribution >= 0.6 is 11.3 Å². The number of benzene rings is 1. The zero-order chi connectivity index (χ0) is 15.7. The fraction of sp³-hybridized carbons (Fsp3) is 0.357. The second-order valence-corrected chi connectivity index (χ2v) is 8.95. The Labute approximate surface area is 129 Å². The molecular weight excluding hydrogens is 306 g/mol. The SMILES string of the molecule is CC(C)(C)S(=O)(=O)Nc1nc(-c2ccc(CN)cc2)cs1. The summed E-state index contributed by atoms with van der Waals surface area (Å²) in [6.45, 7) is 5.44. The maximum atomic E-state index is 12.1. The summed E-state index contributed by atoms with van der Waals surface area (Å²) in [6.07, 6.45) is 0. The number of rotatable bonds is 4. The first-order chi connectivity index (χ1) is 9.73. The second-order valence-electron chi connectivity index (χ2n) is 5.66. The first-order valence-corrected chi connectivity index (χ1v) is 8.86. The lowest BCUT2D eigenvalue weighted by atomic mass is 10.1. The van der Waals surface area contributed by atoms with Gasteiger partial charge in [-0.1, -0.05) is 24.3 Å². The average Bonchev–Trinajstić information content (AvgIpc) is 2.85. The van der Waals surface area contributed by atoms with Crippen LogP contribution in [-0.4, -0.2) is 18.1 Å². The van der Waals surface area contributed by atoms with Crippen molar-refractivity contribution in [1.29, 1.82) is 0 Å². The van der Waals surface area contributed by atoms with Crippen molar-refractivity contribution in [3.05, 3.63) is 35.2 Å². The van der Waals surface area contributed by atoms with Gasteiger partial charge in [-0.2, -0.15) is 0 Å². The second kappa shape index (κ2) is 5.75. The number of nitrogens with one attached hydrogen (secondary N) is 1. The summed E-state index contributed by atoms with van der Waals surface area (Å²) in [4.78, 5) is 4.33. The molecule has 5 nitrogen and oxygen atoms in total. The molecule has 0 aliphatic carbocycles. The summed E-state index contributed by atoms with van der Waals surface area (Å²) in [5.74, 6) is 0. The zero-order valence-electron chi connectivity index (χ0n) is 12.3. The van der Waals surface area contributed by atoms with Crippen LogP contribution in [0.3, 0.4) is 0 Å². The van der Waals surface area contributed by atoms with Gasteiger partial charge in [0.25, 0.3) is 0 Å². The van der Waals surface area contributed by atoms with E-state index in [1.54, 1.807) is 20.8 Å². The van der Waals surface area contributed by atoms with E-state index in [2.05, 4.69) is 9.71 Å². The lowest BCUT2D eigenvalue weighted by Gasteiger charge is -2.18. The molecule has 0 atom stereocenters. The molecule has 0 bridgehead atoms. The monoisotopic (exact) mass is 325 g/mol. The van der Waals surface area contributed by atoms with Gasteiger partial charge in [0.1, 0.15) is 0 Å². The van der Waals surface area contributed by atoms with E-state index in [-0.39, 0.29) is 0 Å². The first-order valence-electron chi connectivity index (χ1n) is 6.50. The molecule has 0 saturated heterocycles. The van der Waals surface area contributed by atoms with Gasteiger partial charge < -0.3 is 5.73 Å². The molecule has 0 saturated carbocycles. The highest BCUT2D eigenvalue weighted by Crippen LogP contribution is 2.27. The third-order valence-corrected chi connectivity index (χ3v) is 5.98. The molecule has 21 heavy (non-hydrogen) atoms. The number of sulfonamides is 1. The Bertz CT molecular complexity index is 713. The third kappa shape index (κ3) is 3.61. The highest BCUT2D eigenvalue weighted by atomic mass is 32.2. The summed E-state index contributed by atoms with van der Waals surface area (Å²) in [5.41, 5.74) is 8.29. The molecule has 0 radical (unpaired) electrons. The minimum absolute atomic E-state index is 0.378. The summed E-state index contributed by atoms with van der Waals surface area (Å²) >= 11 is 1.27. The Morgan fingerprint density at radius 1 is 1.24 bits per heavy atom. The predicted molar refractivity (Wildman–Crippen MR) is 87.7 cm³/mol. The predicted octanol–water partition coefficient (Wildman–Crippen LogP) is 2.81. The molecule has 0 spiro atoms. The van der Waals surface area contributed by atoms with E-state index in [4.69, 9.17) is 5.73 Å². The van der Waals surface area contributed by atoms with Gasteiger partial charge in [-0.25, -0.2) is 13.4 Å². The highest BCUT2D eigenvalue weighted by Gasteiger charge is 2.29. The van der Waals surface area contributed by atoms with Gasteiger partial charge in [-0.05, 0) is 26.3 Å². The van der Waals surface area contributed by atoms with Crippen molar-refractivity contribution in [2.75, 3.05) is 4.72 Å². The van der Waals surface area contributed by atoms with E-state index < -0.39 is 14.8 Å². The molecule has 2 aromatic rings. The van der Waals surface area contributed by atoms with Crippen molar-refractivity contribution < 1.29 is 8.42 Å². The fourth-order valence-corrected chi connectivity index (χ4v) is 3.20. The van der Waals surface area contributed by atoms with Crippen LogP contribution in [0.5, 0.6) is 0 Å². The number of anilines is 1. The Morgan fingerprint density at radius 3 is 2.38 bits per heavy atom. The van der Waals surface area contributed by atoms with Crippen molar-refractivity contribution in [3.63, 3.8) is 0 Å². The average molecular weight is 325 g/mol. The highest BCUT2D eigenvalue weighted by molar-refractivity contribution is 7.94. The Morgan fingerprint density at radius 2 is 1.86 bits per heavy atom. The van der Waals surface area contributed by atoms with Crippen molar-refractivity contribution in [2.24, 2.45) is 5.73 Å².